The summed E-state index contributed by atoms with van der Waals surface area (Å²) in [6.07, 6.45) is 2.51. The predicted molar refractivity (Wildman–Crippen MR) is 78.2 cm³/mol. The van der Waals surface area contributed by atoms with Crippen molar-refractivity contribution < 1.29 is 13.6 Å². The van der Waals surface area contributed by atoms with Gasteiger partial charge in [0.1, 0.15) is 0 Å². The number of halogens is 2. The van der Waals surface area contributed by atoms with Crippen molar-refractivity contribution in [2.75, 3.05) is 6.54 Å². The van der Waals surface area contributed by atoms with Gasteiger partial charge in [0.25, 0.3) is 5.91 Å². The van der Waals surface area contributed by atoms with Crippen LogP contribution in [0.5, 0.6) is 0 Å². The molecule has 1 heterocycles. The number of nitrogens with zero attached hydrogens (tertiary/aromatic N) is 1. The lowest BCUT2D eigenvalue weighted by molar-refractivity contribution is -0.144. The van der Waals surface area contributed by atoms with Gasteiger partial charge in [0.2, 0.25) is 0 Å². The number of pyridine rings is 1. The molecular formula is C16H16F2N2O. The van der Waals surface area contributed by atoms with Crippen molar-refractivity contribution in [3.8, 4) is 0 Å². The monoisotopic (exact) mass is 290 g/mol. The SMILES string of the molecule is C=CCC(F)(F)C(=O)NCCc1cccc2cccnc12. The van der Waals surface area contributed by atoms with Crippen LogP contribution in [0, 0.1) is 0 Å². The van der Waals surface area contributed by atoms with Gasteiger partial charge in [0.05, 0.1) is 5.52 Å². The van der Waals surface area contributed by atoms with Crippen LogP contribution in [-0.4, -0.2) is 23.4 Å². The first-order chi connectivity index (χ1) is 10.0. The number of fused-ring (bicyclic) bond motifs is 1. The highest BCUT2D eigenvalue weighted by atomic mass is 19.3. The van der Waals surface area contributed by atoms with E-state index in [-0.39, 0.29) is 6.54 Å². The first kappa shape index (κ1) is 15.1. The number of nitrogens with one attached hydrogen (secondary N) is 1. The smallest absolute Gasteiger partial charge is 0.327 e. The van der Waals surface area contributed by atoms with E-state index < -0.39 is 18.3 Å². The summed E-state index contributed by atoms with van der Waals surface area (Å²) in [5.74, 6) is -4.67. The van der Waals surface area contributed by atoms with E-state index in [4.69, 9.17) is 0 Å². The van der Waals surface area contributed by atoms with E-state index in [1.807, 2.05) is 30.3 Å². The average molecular weight is 290 g/mol. The van der Waals surface area contributed by atoms with Gasteiger partial charge in [-0.3, -0.25) is 9.78 Å². The molecule has 2 rings (SSSR count). The summed E-state index contributed by atoms with van der Waals surface area (Å²) in [7, 11) is 0. The Balaban J connectivity index is 2.00. The molecule has 0 unspecified atom stereocenters. The Kier molecular flexibility index (Phi) is 4.62. The van der Waals surface area contributed by atoms with Crippen LogP contribution in [0.2, 0.25) is 0 Å². The van der Waals surface area contributed by atoms with E-state index in [1.54, 1.807) is 6.20 Å². The molecule has 0 atom stereocenters. The molecule has 1 aromatic carbocycles. The van der Waals surface area contributed by atoms with Crippen LogP contribution in [0.25, 0.3) is 10.9 Å². The molecule has 1 amide bonds. The van der Waals surface area contributed by atoms with E-state index in [2.05, 4.69) is 16.9 Å². The molecule has 0 saturated carbocycles. The molecule has 110 valence electrons. The third-order valence-electron chi connectivity index (χ3n) is 3.13. The van der Waals surface area contributed by atoms with Crippen molar-refractivity contribution >= 4 is 16.8 Å². The summed E-state index contributed by atoms with van der Waals surface area (Å²) >= 11 is 0. The number of aromatic nitrogens is 1. The Morgan fingerprint density at radius 2 is 2.10 bits per heavy atom. The van der Waals surface area contributed by atoms with E-state index in [0.29, 0.717) is 6.42 Å². The maximum Gasteiger partial charge on any atom is 0.327 e. The highest BCUT2D eigenvalue weighted by molar-refractivity contribution is 5.84. The second-order valence-corrected chi connectivity index (χ2v) is 4.70. The van der Waals surface area contributed by atoms with Crippen LogP contribution in [0.15, 0.2) is 49.2 Å². The molecule has 0 radical (unpaired) electrons. The minimum atomic E-state index is -3.40. The molecule has 1 aromatic heterocycles. The highest BCUT2D eigenvalue weighted by Gasteiger charge is 2.36. The zero-order valence-electron chi connectivity index (χ0n) is 11.5. The Bertz CT molecular complexity index is 650. The van der Waals surface area contributed by atoms with Crippen molar-refractivity contribution in [3.63, 3.8) is 0 Å². The number of alkyl halides is 2. The van der Waals surface area contributed by atoms with Crippen molar-refractivity contribution in [1.82, 2.24) is 10.3 Å². The van der Waals surface area contributed by atoms with Gasteiger partial charge in [-0.25, -0.2) is 0 Å². The summed E-state index contributed by atoms with van der Waals surface area (Å²) < 4.78 is 26.6. The number of allylic oxidation sites excluding steroid dienone is 1. The van der Waals surface area contributed by atoms with Crippen LogP contribution in [0.4, 0.5) is 8.78 Å². The Hall–Kier alpha value is -2.30. The van der Waals surface area contributed by atoms with Crippen LogP contribution < -0.4 is 5.32 Å². The normalized spacial score (nSPS) is 11.3. The van der Waals surface area contributed by atoms with Crippen molar-refractivity contribution in [2.24, 2.45) is 0 Å². The van der Waals surface area contributed by atoms with Crippen LogP contribution >= 0.6 is 0 Å². The fraction of sp³-hybridized carbons (Fsp3) is 0.250. The number of hydrogen-bond acceptors (Lipinski definition) is 2. The van der Waals surface area contributed by atoms with E-state index in [0.717, 1.165) is 22.5 Å². The molecule has 0 aliphatic heterocycles. The first-order valence-corrected chi connectivity index (χ1v) is 6.64. The van der Waals surface area contributed by atoms with Gasteiger partial charge >= 0.3 is 5.92 Å². The summed E-state index contributed by atoms with van der Waals surface area (Å²) in [4.78, 5) is 15.7. The molecular weight excluding hydrogens is 274 g/mol. The number of hydrogen-bond donors (Lipinski definition) is 1. The molecule has 0 fully saturated rings. The molecule has 0 saturated heterocycles. The summed E-state index contributed by atoms with van der Waals surface area (Å²) in [5.41, 5.74) is 1.74. The topological polar surface area (TPSA) is 42.0 Å². The molecule has 0 aliphatic rings. The lowest BCUT2D eigenvalue weighted by Gasteiger charge is -2.14. The first-order valence-electron chi connectivity index (χ1n) is 6.64. The second kappa shape index (κ2) is 6.43. The molecule has 1 N–H and O–H groups in total. The molecule has 0 aliphatic carbocycles. The third kappa shape index (κ3) is 3.62. The molecule has 0 spiro atoms. The quantitative estimate of drug-likeness (QED) is 0.831. The minimum Gasteiger partial charge on any atom is -0.351 e. The minimum absolute atomic E-state index is 0.140. The number of carbonyl (C=O) groups is 1. The van der Waals surface area contributed by atoms with Gasteiger partial charge < -0.3 is 5.32 Å². The largest absolute Gasteiger partial charge is 0.351 e. The van der Waals surface area contributed by atoms with Gasteiger partial charge in [-0.15, -0.1) is 6.58 Å². The number of para-hydroxylation sites is 1. The second-order valence-electron chi connectivity index (χ2n) is 4.70. The average Bonchev–Trinajstić information content (AvgIpc) is 2.47. The number of benzene rings is 1. The van der Waals surface area contributed by atoms with Crippen LogP contribution in [0.3, 0.4) is 0 Å². The Morgan fingerprint density at radius 3 is 2.86 bits per heavy atom. The standard InChI is InChI=1S/C16H16F2N2O/c1-2-9-16(17,18)15(21)20-11-8-13-6-3-5-12-7-4-10-19-14(12)13/h2-7,10H,1,8-9,11H2,(H,20,21). The summed E-state index contributed by atoms with van der Waals surface area (Å²) in [6.45, 7) is 3.36. The maximum absolute atomic E-state index is 13.3. The van der Waals surface area contributed by atoms with E-state index >= 15 is 0 Å². The summed E-state index contributed by atoms with van der Waals surface area (Å²) in [5, 5.41) is 3.24. The maximum atomic E-state index is 13.3. The predicted octanol–water partition coefficient (Wildman–Crippen LogP) is 3.10. The van der Waals surface area contributed by atoms with Crippen molar-refractivity contribution in [3.05, 3.63) is 54.7 Å². The summed E-state index contributed by atoms with van der Waals surface area (Å²) in [6, 6.07) is 9.46. The third-order valence-corrected chi connectivity index (χ3v) is 3.13. The highest BCUT2D eigenvalue weighted by Crippen LogP contribution is 2.19. The fourth-order valence-electron chi connectivity index (χ4n) is 2.08. The van der Waals surface area contributed by atoms with Crippen molar-refractivity contribution in [2.45, 2.75) is 18.8 Å². The zero-order valence-corrected chi connectivity index (χ0v) is 11.5. The van der Waals surface area contributed by atoms with Gasteiger partial charge in [-0.2, -0.15) is 8.78 Å². The van der Waals surface area contributed by atoms with Gasteiger partial charge in [-0.05, 0) is 18.1 Å². The molecule has 2 aromatic rings. The molecule has 21 heavy (non-hydrogen) atoms. The van der Waals surface area contributed by atoms with Crippen LogP contribution in [-0.2, 0) is 11.2 Å². The van der Waals surface area contributed by atoms with Crippen LogP contribution in [0.1, 0.15) is 12.0 Å². The number of rotatable bonds is 6. The van der Waals surface area contributed by atoms with Crippen molar-refractivity contribution in [1.29, 1.82) is 0 Å². The molecule has 0 bridgehead atoms. The van der Waals surface area contributed by atoms with Gasteiger partial charge in [0.15, 0.2) is 0 Å². The zero-order chi connectivity index (χ0) is 15.3. The molecule has 3 nitrogen and oxygen atoms in total. The lowest BCUT2D eigenvalue weighted by Crippen LogP contribution is -2.40. The lowest BCUT2D eigenvalue weighted by atomic mass is 10.1. The van der Waals surface area contributed by atoms with E-state index in [1.165, 1.54) is 0 Å². The Labute approximate surface area is 121 Å². The number of amides is 1. The molecule has 5 heteroatoms. The van der Waals surface area contributed by atoms with Gasteiger partial charge in [-0.1, -0.05) is 30.3 Å². The van der Waals surface area contributed by atoms with Gasteiger partial charge in [0, 0.05) is 24.5 Å². The van der Waals surface area contributed by atoms with E-state index in [9.17, 15) is 13.6 Å². The number of carbonyl (C=O) groups excluding carboxylic acids is 1. The fourth-order valence-corrected chi connectivity index (χ4v) is 2.08. The Morgan fingerprint density at radius 1 is 1.33 bits per heavy atom.